The van der Waals surface area contributed by atoms with Gasteiger partial charge in [-0.3, -0.25) is 0 Å². The number of hydrogen-bond acceptors (Lipinski definition) is 3. The van der Waals surface area contributed by atoms with Gasteiger partial charge in [0.15, 0.2) is 0 Å². The molecule has 1 atom stereocenters. The van der Waals surface area contributed by atoms with E-state index < -0.39 is 0 Å². The maximum atomic E-state index is 5.62. The summed E-state index contributed by atoms with van der Waals surface area (Å²) in [4.78, 5) is 0. The van der Waals surface area contributed by atoms with E-state index in [2.05, 4.69) is 18.3 Å². The standard InChI is InChI=1S/C16H17NO2/c1-2-17-15(10-12-6-5-9-18-12)14-11-19-16-8-4-3-7-13(14)16/h3-9,11,15,17H,2,10H2,1H3. The van der Waals surface area contributed by atoms with Gasteiger partial charge in [0.2, 0.25) is 0 Å². The normalized spacial score (nSPS) is 12.9. The first-order valence-electron chi connectivity index (χ1n) is 6.60. The van der Waals surface area contributed by atoms with Gasteiger partial charge in [0.1, 0.15) is 11.3 Å². The molecule has 0 aliphatic rings. The number of para-hydroxylation sites is 1. The molecule has 0 bridgehead atoms. The molecule has 0 saturated heterocycles. The van der Waals surface area contributed by atoms with E-state index in [1.54, 1.807) is 6.26 Å². The summed E-state index contributed by atoms with van der Waals surface area (Å²) in [5.41, 5.74) is 2.12. The zero-order valence-electron chi connectivity index (χ0n) is 10.9. The molecule has 19 heavy (non-hydrogen) atoms. The Morgan fingerprint density at radius 2 is 2.00 bits per heavy atom. The summed E-state index contributed by atoms with van der Waals surface area (Å²) in [6.07, 6.45) is 4.39. The van der Waals surface area contributed by atoms with Gasteiger partial charge >= 0.3 is 0 Å². The van der Waals surface area contributed by atoms with Crippen LogP contribution in [0.4, 0.5) is 0 Å². The van der Waals surface area contributed by atoms with Crippen LogP contribution in [0.15, 0.2) is 57.8 Å². The molecule has 98 valence electrons. The summed E-state index contributed by atoms with van der Waals surface area (Å²) in [5, 5.41) is 4.66. The predicted octanol–water partition coefficient (Wildman–Crippen LogP) is 3.92. The smallest absolute Gasteiger partial charge is 0.134 e. The van der Waals surface area contributed by atoms with Crippen molar-refractivity contribution in [2.45, 2.75) is 19.4 Å². The highest BCUT2D eigenvalue weighted by Gasteiger charge is 2.17. The average Bonchev–Trinajstić information content (AvgIpc) is 3.07. The number of benzene rings is 1. The fraction of sp³-hybridized carbons (Fsp3) is 0.250. The van der Waals surface area contributed by atoms with Gasteiger partial charge in [-0.05, 0) is 24.7 Å². The van der Waals surface area contributed by atoms with Crippen molar-refractivity contribution in [1.29, 1.82) is 0 Å². The van der Waals surface area contributed by atoms with Crippen molar-refractivity contribution in [3.05, 3.63) is 60.2 Å². The average molecular weight is 255 g/mol. The van der Waals surface area contributed by atoms with Crippen LogP contribution in [-0.4, -0.2) is 6.54 Å². The summed E-state index contributed by atoms with van der Waals surface area (Å²) in [6.45, 7) is 3.02. The van der Waals surface area contributed by atoms with Crippen molar-refractivity contribution in [1.82, 2.24) is 5.32 Å². The molecule has 0 saturated carbocycles. The Kier molecular flexibility index (Phi) is 3.38. The topological polar surface area (TPSA) is 38.3 Å². The molecule has 3 nitrogen and oxygen atoms in total. The molecule has 0 fully saturated rings. The van der Waals surface area contributed by atoms with Crippen LogP contribution in [0, 0.1) is 0 Å². The summed E-state index contributed by atoms with van der Waals surface area (Å²) < 4.78 is 11.1. The van der Waals surface area contributed by atoms with Crippen molar-refractivity contribution in [3.63, 3.8) is 0 Å². The molecule has 0 radical (unpaired) electrons. The minimum absolute atomic E-state index is 0.208. The van der Waals surface area contributed by atoms with E-state index in [-0.39, 0.29) is 6.04 Å². The number of likely N-dealkylation sites (N-methyl/N-ethyl adjacent to an activating group) is 1. The molecule has 2 aromatic heterocycles. The van der Waals surface area contributed by atoms with E-state index in [9.17, 15) is 0 Å². The minimum atomic E-state index is 0.208. The fourth-order valence-electron chi connectivity index (χ4n) is 2.44. The lowest BCUT2D eigenvalue weighted by atomic mass is 10.0. The molecule has 0 amide bonds. The molecule has 3 aromatic rings. The van der Waals surface area contributed by atoms with Crippen LogP contribution in [0.25, 0.3) is 11.0 Å². The van der Waals surface area contributed by atoms with Crippen molar-refractivity contribution < 1.29 is 8.83 Å². The van der Waals surface area contributed by atoms with Gasteiger partial charge in [0.25, 0.3) is 0 Å². The molecule has 0 aliphatic carbocycles. The summed E-state index contributed by atoms with van der Waals surface area (Å²) >= 11 is 0. The molecule has 1 N–H and O–H groups in total. The third kappa shape index (κ3) is 2.42. The van der Waals surface area contributed by atoms with Crippen molar-refractivity contribution in [2.75, 3.05) is 6.54 Å². The summed E-state index contributed by atoms with van der Waals surface area (Å²) in [7, 11) is 0. The molecular weight excluding hydrogens is 238 g/mol. The first kappa shape index (κ1) is 12.1. The van der Waals surface area contributed by atoms with Crippen LogP contribution in [0.2, 0.25) is 0 Å². The van der Waals surface area contributed by atoms with Gasteiger partial charge in [0.05, 0.1) is 12.5 Å². The SMILES string of the molecule is CCNC(Cc1ccco1)c1coc2ccccc12. The lowest BCUT2D eigenvalue weighted by Crippen LogP contribution is -2.22. The molecule has 2 heterocycles. The number of rotatable bonds is 5. The van der Waals surface area contributed by atoms with Crippen molar-refractivity contribution >= 4 is 11.0 Å². The number of fused-ring (bicyclic) bond motifs is 1. The van der Waals surface area contributed by atoms with Crippen LogP contribution in [-0.2, 0) is 6.42 Å². The number of furan rings is 2. The van der Waals surface area contributed by atoms with E-state index in [4.69, 9.17) is 8.83 Å². The zero-order chi connectivity index (χ0) is 13.1. The van der Waals surface area contributed by atoms with Crippen LogP contribution < -0.4 is 5.32 Å². The predicted molar refractivity (Wildman–Crippen MR) is 75.0 cm³/mol. The van der Waals surface area contributed by atoms with Gasteiger partial charge in [-0.15, -0.1) is 0 Å². The molecule has 0 aliphatic heterocycles. The maximum Gasteiger partial charge on any atom is 0.134 e. The molecule has 3 rings (SSSR count). The first-order chi connectivity index (χ1) is 9.38. The molecule has 1 unspecified atom stereocenters. The van der Waals surface area contributed by atoms with Crippen LogP contribution in [0.5, 0.6) is 0 Å². The minimum Gasteiger partial charge on any atom is -0.469 e. The van der Waals surface area contributed by atoms with E-state index in [1.165, 1.54) is 10.9 Å². The van der Waals surface area contributed by atoms with Crippen molar-refractivity contribution in [2.24, 2.45) is 0 Å². The number of nitrogens with one attached hydrogen (secondary N) is 1. The molecule has 0 spiro atoms. The molecular formula is C16H17NO2. The Bertz CT molecular complexity index is 640. The highest BCUT2D eigenvalue weighted by Crippen LogP contribution is 2.28. The van der Waals surface area contributed by atoms with Crippen LogP contribution >= 0.6 is 0 Å². The highest BCUT2D eigenvalue weighted by atomic mass is 16.3. The Hall–Kier alpha value is -2.00. The number of hydrogen-bond donors (Lipinski definition) is 1. The van der Waals surface area contributed by atoms with Crippen molar-refractivity contribution in [3.8, 4) is 0 Å². The van der Waals surface area contributed by atoms with Gasteiger partial charge < -0.3 is 14.2 Å². The Morgan fingerprint density at radius 1 is 1.11 bits per heavy atom. The summed E-state index contributed by atoms with van der Waals surface area (Å²) in [5.74, 6) is 0.983. The van der Waals surface area contributed by atoms with E-state index in [0.717, 1.165) is 24.3 Å². The Balaban J connectivity index is 1.95. The monoisotopic (exact) mass is 255 g/mol. The van der Waals surface area contributed by atoms with E-state index in [1.807, 2.05) is 36.6 Å². The van der Waals surface area contributed by atoms with E-state index >= 15 is 0 Å². The van der Waals surface area contributed by atoms with Gasteiger partial charge in [-0.2, -0.15) is 0 Å². The van der Waals surface area contributed by atoms with E-state index in [0.29, 0.717) is 0 Å². The van der Waals surface area contributed by atoms with Crippen LogP contribution in [0.3, 0.4) is 0 Å². The quantitative estimate of drug-likeness (QED) is 0.751. The third-order valence-electron chi connectivity index (χ3n) is 3.32. The van der Waals surface area contributed by atoms with Gasteiger partial charge in [-0.1, -0.05) is 25.1 Å². The highest BCUT2D eigenvalue weighted by molar-refractivity contribution is 5.81. The second-order valence-corrected chi connectivity index (χ2v) is 4.58. The van der Waals surface area contributed by atoms with Crippen LogP contribution in [0.1, 0.15) is 24.3 Å². The first-order valence-corrected chi connectivity index (χ1v) is 6.60. The Labute approximate surface area is 112 Å². The lowest BCUT2D eigenvalue weighted by Gasteiger charge is -2.15. The van der Waals surface area contributed by atoms with Gasteiger partial charge in [0, 0.05) is 23.4 Å². The lowest BCUT2D eigenvalue weighted by molar-refractivity contribution is 0.453. The zero-order valence-corrected chi connectivity index (χ0v) is 10.9. The summed E-state index contributed by atoms with van der Waals surface area (Å²) in [6, 6.07) is 12.3. The Morgan fingerprint density at radius 3 is 2.79 bits per heavy atom. The molecule has 3 heteroatoms. The second-order valence-electron chi connectivity index (χ2n) is 4.58. The second kappa shape index (κ2) is 5.33. The third-order valence-corrected chi connectivity index (χ3v) is 3.32. The molecule has 1 aromatic carbocycles. The van der Waals surface area contributed by atoms with Gasteiger partial charge in [-0.25, -0.2) is 0 Å². The fourth-order valence-corrected chi connectivity index (χ4v) is 2.44. The largest absolute Gasteiger partial charge is 0.469 e. The maximum absolute atomic E-state index is 5.62.